The Hall–Kier alpha value is -0.0800. The molecular formula is C11H26N2. The van der Waals surface area contributed by atoms with Crippen LogP contribution in [0.2, 0.25) is 0 Å². The Labute approximate surface area is 83.5 Å². The van der Waals surface area contributed by atoms with Crippen LogP contribution >= 0.6 is 0 Å². The lowest BCUT2D eigenvalue weighted by Crippen LogP contribution is -2.38. The van der Waals surface area contributed by atoms with E-state index in [0.29, 0.717) is 0 Å². The summed E-state index contributed by atoms with van der Waals surface area (Å²) < 4.78 is 0. The predicted molar refractivity (Wildman–Crippen MR) is 59.9 cm³/mol. The van der Waals surface area contributed by atoms with Gasteiger partial charge in [-0.1, -0.05) is 27.2 Å². The smallest absolute Gasteiger partial charge is 0.0108 e. The van der Waals surface area contributed by atoms with Crippen LogP contribution in [0, 0.1) is 0 Å². The second-order valence-corrected chi connectivity index (χ2v) is 3.65. The fraction of sp³-hybridized carbons (Fsp3) is 1.00. The maximum atomic E-state index is 5.61. The number of unbranched alkanes of at least 4 members (excludes halogenated alkanes) is 1. The molecule has 0 unspecified atom stereocenters. The van der Waals surface area contributed by atoms with Crippen molar-refractivity contribution in [1.82, 2.24) is 4.90 Å². The third kappa shape index (κ3) is 5.27. The molecule has 0 aromatic heterocycles. The predicted octanol–water partition coefficient (Wildman–Crippen LogP) is 2.24. The minimum absolute atomic E-state index is 0.745. The van der Waals surface area contributed by atoms with Crippen molar-refractivity contribution < 1.29 is 0 Å². The highest BCUT2D eigenvalue weighted by molar-refractivity contribution is 4.69. The standard InChI is InChI=1S/C11H26N2/c1-4-7-9-13(10-8-12)11(5-2)6-3/h11H,4-10,12H2,1-3H3. The van der Waals surface area contributed by atoms with Crippen LogP contribution in [0.15, 0.2) is 0 Å². The molecule has 0 aliphatic carbocycles. The molecule has 0 amide bonds. The zero-order valence-electron chi connectivity index (χ0n) is 9.55. The van der Waals surface area contributed by atoms with Gasteiger partial charge in [0.15, 0.2) is 0 Å². The monoisotopic (exact) mass is 186 g/mol. The van der Waals surface area contributed by atoms with Crippen molar-refractivity contribution in [2.75, 3.05) is 19.6 Å². The van der Waals surface area contributed by atoms with Gasteiger partial charge < -0.3 is 5.73 Å². The van der Waals surface area contributed by atoms with E-state index in [1.165, 1.54) is 32.2 Å². The van der Waals surface area contributed by atoms with Crippen molar-refractivity contribution in [1.29, 1.82) is 0 Å². The summed E-state index contributed by atoms with van der Waals surface area (Å²) in [6.45, 7) is 9.85. The maximum absolute atomic E-state index is 5.61. The Morgan fingerprint density at radius 1 is 1.08 bits per heavy atom. The third-order valence-electron chi connectivity index (χ3n) is 2.67. The molecule has 2 N–H and O–H groups in total. The van der Waals surface area contributed by atoms with E-state index in [-0.39, 0.29) is 0 Å². The van der Waals surface area contributed by atoms with Gasteiger partial charge in [0.25, 0.3) is 0 Å². The number of hydrogen-bond donors (Lipinski definition) is 1. The molecule has 0 saturated carbocycles. The number of rotatable bonds is 8. The van der Waals surface area contributed by atoms with Gasteiger partial charge in [0.1, 0.15) is 0 Å². The summed E-state index contributed by atoms with van der Waals surface area (Å²) in [5.74, 6) is 0. The second-order valence-electron chi connectivity index (χ2n) is 3.65. The van der Waals surface area contributed by atoms with Crippen molar-refractivity contribution >= 4 is 0 Å². The largest absolute Gasteiger partial charge is 0.329 e. The molecule has 80 valence electrons. The molecule has 0 rings (SSSR count). The third-order valence-corrected chi connectivity index (χ3v) is 2.67. The minimum atomic E-state index is 0.745. The Balaban J connectivity index is 3.88. The molecule has 0 radical (unpaired) electrons. The number of nitrogens with zero attached hydrogens (tertiary/aromatic N) is 1. The lowest BCUT2D eigenvalue weighted by molar-refractivity contribution is 0.188. The summed E-state index contributed by atoms with van der Waals surface area (Å²) in [6, 6.07) is 0.745. The van der Waals surface area contributed by atoms with Crippen LogP contribution in [0.5, 0.6) is 0 Å². The zero-order chi connectivity index (χ0) is 10.1. The molecule has 0 atom stereocenters. The summed E-state index contributed by atoms with van der Waals surface area (Å²) in [5, 5.41) is 0. The van der Waals surface area contributed by atoms with E-state index in [0.717, 1.165) is 19.1 Å². The van der Waals surface area contributed by atoms with Gasteiger partial charge in [-0.15, -0.1) is 0 Å². The molecule has 0 aromatic carbocycles. The van der Waals surface area contributed by atoms with Crippen LogP contribution < -0.4 is 5.73 Å². The van der Waals surface area contributed by atoms with Crippen LogP contribution in [-0.2, 0) is 0 Å². The van der Waals surface area contributed by atoms with Gasteiger partial charge in [-0.2, -0.15) is 0 Å². The average molecular weight is 186 g/mol. The molecule has 2 nitrogen and oxygen atoms in total. The highest BCUT2D eigenvalue weighted by Crippen LogP contribution is 2.08. The first kappa shape index (κ1) is 12.9. The Kier molecular flexibility index (Phi) is 8.46. The first-order chi connectivity index (χ1) is 6.29. The topological polar surface area (TPSA) is 29.3 Å². The van der Waals surface area contributed by atoms with Crippen LogP contribution in [0.4, 0.5) is 0 Å². The van der Waals surface area contributed by atoms with Crippen molar-refractivity contribution in [3.05, 3.63) is 0 Å². The number of nitrogens with two attached hydrogens (primary N) is 1. The summed E-state index contributed by atoms with van der Waals surface area (Å²) >= 11 is 0. The van der Waals surface area contributed by atoms with E-state index in [1.54, 1.807) is 0 Å². The Morgan fingerprint density at radius 3 is 2.08 bits per heavy atom. The zero-order valence-corrected chi connectivity index (χ0v) is 9.55. The van der Waals surface area contributed by atoms with E-state index in [4.69, 9.17) is 5.73 Å². The first-order valence-electron chi connectivity index (χ1n) is 5.74. The fourth-order valence-corrected chi connectivity index (χ4v) is 1.81. The highest BCUT2D eigenvalue weighted by atomic mass is 15.2. The van der Waals surface area contributed by atoms with Gasteiger partial charge in [0, 0.05) is 19.1 Å². The van der Waals surface area contributed by atoms with Crippen molar-refractivity contribution in [3.63, 3.8) is 0 Å². The van der Waals surface area contributed by atoms with Crippen molar-refractivity contribution in [3.8, 4) is 0 Å². The van der Waals surface area contributed by atoms with Gasteiger partial charge in [0.2, 0.25) is 0 Å². The van der Waals surface area contributed by atoms with Gasteiger partial charge in [-0.3, -0.25) is 4.90 Å². The average Bonchev–Trinajstić information content (AvgIpc) is 2.16. The van der Waals surface area contributed by atoms with Crippen LogP contribution in [-0.4, -0.2) is 30.6 Å². The van der Waals surface area contributed by atoms with Crippen molar-refractivity contribution in [2.45, 2.75) is 52.5 Å². The van der Waals surface area contributed by atoms with Crippen LogP contribution in [0.3, 0.4) is 0 Å². The normalized spacial score (nSPS) is 11.5. The molecule has 0 aliphatic heterocycles. The molecule has 0 aromatic rings. The van der Waals surface area contributed by atoms with Gasteiger partial charge in [0.05, 0.1) is 0 Å². The molecule has 0 aliphatic rings. The maximum Gasteiger partial charge on any atom is 0.0108 e. The second kappa shape index (κ2) is 8.52. The van der Waals surface area contributed by atoms with Crippen LogP contribution in [0.25, 0.3) is 0 Å². The van der Waals surface area contributed by atoms with Crippen molar-refractivity contribution in [2.24, 2.45) is 5.73 Å². The molecule has 0 spiro atoms. The van der Waals surface area contributed by atoms with Gasteiger partial charge >= 0.3 is 0 Å². The van der Waals surface area contributed by atoms with E-state index in [2.05, 4.69) is 25.7 Å². The van der Waals surface area contributed by atoms with Crippen LogP contribution in [0.1, 0.15) is 46.5 Å². The van der Waals surface area contributed by atoms with E-state index in [9.17, 15) is 0 Å². The van der Waals surface area contributed by atoms with E-state index in [1.807, 2.05) is 0 Å². The molecule has 0 bridgehead atoms. The minimum Gasteiger partial charge on any atom is -0.329 e. The quantitative estimate of drug-likeness (QED) is 0.630. The Morgan fingerprint density at radius 2 is 1.69 bits per heavy atom. The van der Waals surface area contributed by atoms with E-state index >= 15 is 0 Å². The van der Waals surface area contributed by atoms with E-state index < -0.39 is 0 Å². The molecule has 0 heterocycles. The van der Waals surface area contributed by atoms with Gasteiger partial charge in [-0.25, -0.2) is 0 Å². The SMILES string of the molecule is CCCCN(CCN)C(CC)CC. The molecule has 0 fully saturated rings. The lowest BCUT2D eigenvalue weighted by Gasteiger charge is -2.29. The molecular weight excluding hydrogens is 160 g/mol. The number of hydrogen-bond acceptors (Lipinski definition) is 2. The summed E-state index contributed by atoms with van der Waals surface area (Å²) in [6.07, 6.45) is 5.08. The molecule has 13 heavy (non-hydrogen) atoms. The molecule has 0 saturated heterocycles. The fourth-order valence-electron chi connectivity index (χ4n) is 1.81. The summed E-state index contributed by atoms with van der Waals surface area (Å²) in [4.78, 5) is 2.55. The summed E-state index contributed by atoms with van der Waals surface area (Å²) in [5.41, 5.74) is 5.61. The van der Waals surface area contributed by atoms with Gasteiger partial charge in [-0.05, 0) is 25.8 Å². The summed E-state index contributed by atoms with van der Waals surface area (Å²) in [7, 11) is 0. The lowest BCUT2D eigenvalue weighted by atomic mass is 10.1. The Bertz CT molecular complexity index is 100. The first-order valence-corrected chi connectivity index (χ1v) is 5.74. The molecule has 2 heteroatoms. The highest BCUT2D eigenvalue weighted by Gasteiger charge is 2.12.